The summed E-state index contributed by atoms with van der Waals surface area (Å²) in [6.07, 6.45) is 4.78. The van der Waals surface area contributed by atoms with E-state index in [0.717, 1.165) is 13.0 Å². The van der Waals surface area contributed by atoms with Gasteiger partial charge in [0, 0.05) is 6.54 Å². The third kappa shape index (κ3) is 6.11. The Labute approximate surface area is 100 Å². The van der Waals surface area contributed by atoms with Crippen molar-refractivity contribution in [1.29, 1.82) is 0 Å². The van der Waals surface area contributed by atoms with Crippen molar-refractivity contribution in [3.8, 4) is 0 Å². The predicted molar refractivity (Wildman–Crippen MR) is 69.1 cm³/mol. The van der Waals surface area contributed by atoms with Crippen LogP contribution in [0.25, 0.3) is 0 Å². The van der Waals surface area contributed by atoms with Crippen molar-refractivity contribution in [1.82, 2.24) is 5.32 Å². The van der Waals surface area contributed by atoms with Gasteiger partial charge in [-0.3, -0.25) is 4.79 Å². The maximum Gasteiger partial charge on any atom is 0.237 e. The van der Waals surface area contributed by atoms with Gasteiger partial charge < -0.3 is 11.1 Å². The van der Waals surface area contributed by atoms with Gasteiger partial charge in [-0.05, 0) is 18.3 Å². The number of hydrogen-bond acceptors (Lipinski definition) is 2. The fraction of sp³-hybridized carbons (Fsp3) is 0.923. The van der Waals surface area contributed by atoms with E-state index < -0.39 is 0 Å². The largest absolute Gasteiger partial charge is 0.354 e. The van der Waals surface area contributed by atoms with Crippen LogP contribution in [0.1, 0.15) is 53.4 Å². The summed E-state index contributed by atoms with van der Waals surface area (Å²) in [6, 6.07) is -0.372. The van der Waals surface area contributed by atoms with Gasteiger partial charge in [0.15, 0.2) is 0 Å². The highest BCUT2D eigenvalue weighted by Crippen LogP contribution is 2.11. The molecule has 0 aliphatic rings. The Kier molecular flexibility index (Phi) is 8.26. The van der Waals surface area contributed by atoms with Crippen molar-refractivity contribution in [3.63, 3.8) is 0 Å². The van der Waals surface area contributed by atoms with E-state index in [1.165, 1.54) is 19.3 Å². The molecule has 0 heterocycles. The number of hydrogen-bond donors (Lipinski definition) is 2. The van der Waals surface area contributed by atoms with Gasteiger partial charge in [-0.1, -0.05) is 47.0 Å². The van der Waals surface area contributed by atoms with Gasteiger partial charge in [0.05, 0.1) is 6.04 Å². The molecule has 0 rings (SSSR count). The number of nitrogens with one attached hydrogen (secondary N) is 1. The molecule has 0 fully saturated rings. The molecule has 2 unspecified atom stereocenters. The number of carbonyl (C=O) groups is 1. The second kappa shape index (κ2) is 8.57. The van der Waals surface area contributed by atoms with E-state index >= 15 is 0 Å². The molecule has 0 radical (unpaired) electrons. The first-order valence-electron chi connectivity index (χ1n) is 6.56. The highest BCUT2D eigenvalue weighted by molar-refractivity contribution is 5.81. The molecule has 0 aromatic heterocycles. The van der Waals surface area contributed by atoms with E-state index in [-0.39, 0.29) is 17.9 Å². The Bertz CT molecular complexity index is 192. The smallest absolute Gasteiger partial charge is 0.237 e. The average Bonchev–Trinajstić information content (AvgIpc) is 2.27. The predicted octanol–water partition coefficient (Wildman–Crippen LogP) is 2.30. The van der Waals surface area contributed by atoms with Crippen LogP contribution >= 0.6 is 0 Å². The van der Waals surface area contributed by atoms with Gasteiger partial charge >= 0.3 is 0 Å². The van der Waals surface area contributed by atoms with Crippen LogP contribution in [0.5, 0.6) is 0 Å². The lowest BCUT2D eigenvalue weighted by atomic mass is 9.98. The number of amides is 1. The van der Waals surface area contributed by atoms with Crippen LogP contribution in [-0.2, 0) is 4.79 Å². The van der Waals surface area contributed by atoms with Crippen LogP contribution in [0.4, 0.5) is 0 Å². The molecule has 0 aromatic carbocycles. The lowest BCUT2D eigenvalue weighted by Crippen LogP contribution is -2.45. The van der Waals surface area contributed by atoms with E-state index in [2.05, 4.69) is 19.2 Å². The summed E-state index contributed by atoms with van der Waals surface area (Å²) in [6.45, 7) is 9.09. The number of nitrogens with two attached hydrogens (primary N) is 1. The summed E-state index contributed by atoms with van der Waals surface area (Å²) in [5, 5.41) is 2.96. The van der Waals surface area contributed by atoms with Crippen molar-refractivity contribution in [3.05, 3.63) is 0 Å². The first-order chi connectivity index (χ1) is 7.52. The van der Waals surface area contributed by atoms with Crippen molar-refractivity contribution >= 4 is 5.91 Å². The topological polar surface area (TPSA) is 55.1 Å². The van der Waals surface area contributed by atoms with Crippen molar-refractivity contribution < 1.29 is 4.79 Å². The fourth-order valence-electron chi connectivity index (χ4n) is 1.61. The van der Waals surface area contributed by atoms with E-state index in [1.54, 1.807) is 0 Å². The zero-order valence-electron chi connectivity index (χ0n) is 11.3. The highest BCUT2D eigenvalue weighted by Gasteiger charge is 2.17. The highest BCUT2D eigenvalue weighted by atomic mass is 16.2. The first kappa shape index (κ1) is 15.4. The first-order valence-corrected chi connectivity index (χ1v) is 6.56. The van der Waals surface area contributed by atoms with Crippen LogP contribution in [0.2, 0.25) is 0 Å². The Morgan fingerprint density at radius 3 is 2.38 bits per heavy atom. The van der Waals surface area contributed by atoms with Crippen molar-refractivity contribution in [2.75, 3.05) is 6.54 Å². The van der Waals surface area contributed by atoms with Crippen LogP contribution < -0.4 is 11.1 Å². The van der Waals surface area contributed by atoms with E-state index in [0.29, 0.717) is 5.92 Å². The molecule has 16 heavy (non-hydrogen) atoms. The quantitative estimate of drug-likeness (QED) is 0.670. The second-order valence-corrected chi connectivity index (χ2v) is 4.93. The summed E-state index contributed by atoms with van der Waals surface area (Å²) in [7, 11) is 0. The van der Waals surface area contributed by atoms with E-state index in [9.17, 15) is 4.79 Å². The van der Waals surface area contributed by atoms with Gasteiger partial charge in [-0.25, -0.2) is 0 Å². The minimum Gasteiger partial charge on any atom is -0.354 e. The summed E-state index contributed by atoms with van der Waals surface area (Å²) in [4.78, 5) is 11.6. The van der Waals surface area contributed by atoms with Gasteiger partial charge in [0.2, 0.25) is 5.91 Å². The molecule has 0 bridgehead atoms. The summed E-state index contributed by atoms with van der Waals surface area (Å²) >= 11 is 0. The molecule has 0 aliphatic heterocycles. The third-order valence-electron chi connectivity index (χ3n) is 3.13. The third-order valence-corrected chi connectivity index (χ3v) is 3.13. The molecule has 0 spiro atoms. The number of carbonyl (C=O) groups excluding carboxylic acids is 1. The molecule has 3 nitrogen and oxygen atoms in total. The Morgan fingerprint density at radius 1 is 1.31 bits per heavy atom. The standard InChI is InChI=1S/C13H28N2O/c1-5-7-8-11(6-2)9-15-13(16)12(14)10(3)4/h10-12H,5-9,14H2,1-4H3,(H,15,16). The Hall–Kier alpha value is -0.570. The molecule has 2 atom stereocenters. The van der Waals surface area contributed by atoms with Gasteiger partial charge in [0.25, 0.3) is 0 Å². The molecule has 96 valence electrons. The lowest BCUT2D eigenvalue weighted by molar-refractivity contribution is -0.123. The number of rotatable bonds is 8. The van der Waals surface area contributed by atoms with Crippen molar-refractivity contribution in [2.45, 2.75) is 59.4 Å². The molecule has 3 N–H and O–H groups in total. The summed E-state index contributed by atoms with van der Waals surface area (Å²) in [5.74, 6) is 0.795. The average molecular weight is 228 g/mol. The minimum absolute atomic E-state index is 0.00931. The monoisotopic (exact) mass is 228 g/mol. The Balaban J connectivity index is 3.87. The summed E-state index contributed by atoms with van der Waals surface area (Å²) < 4.78 is 0. The minimum atomic E-state index is -0.372. The molecule has 0 saturated carbocycles. The molecule has 0 aliphatic carbocycles. The SMILES string of the molecule is CCCCC(CC)CNC(=O)C(N)C(C)C. The Morgan fingerprint density at radius 2 is 1.94 bits per heavy atom. The molecule has 3 heteroatoms. The molecular weight excluding hydrogens is 200 g/mol. The normalized spacial score (nSPS) is 14.9. The lowest BCUT2D eigenvalue weighted by Gasteiger charge is -2.19. The second-order valence-electron chi connectivity index (χ2n) is 4.93. The van der Waals surface area contributed by atoms with Crippen LogP contribution in [0, 0.1) is 11.8 Å². The van der Waals surface area contributed by atoms with E-state index in [1.807, 2.05) is 13.8 Å². The van der Waals surface area contributed by atoms with E-state index in [4.69, 9.17) is 5.73 Å². The number of unbranched alkanes of at least 4 members (excludes halogenated alkanes) is 1. The zero-order chi connectivity index (χ0) is 12.6. The van der Waals surface area contributed by atoms with Gasteiger partial charge in [-0.15, -0.1) is 0 Å². The summed E-state index contributed by atoms with van der Waals surface area (Å²) in [5.41, 5.74) is 5.78. The maximum atomic E-state index is 11.6. The maximum absolute atomic E-state index is 11.6. The van der Waals surface area contributed by atoms with Gasteiger partial charge in [0.1, 0.15) is 0 Å². The van der Waals surface area contributed by atoms with Gasteiger partial charge in [-0.2, -0.15) is 0 Å². The zero-order valence-corrected chi connectivity index (χ0v) is 11.3. The molecular formula is C13H28N2O. The van der Waals surface area contributed by atoms with Crippen LogP contribution in [-0.4, -0.2) is 18.5 Å². The molecule has 0 saturated heterocycles. The van der Waals surface area contributed by atoms with Crippen LogP contribution in [0.15, 0.2) is 0 Å². The molecule has 1 amide bonds. The molecule has 0 aromatic rings. The van der Waals surface area contributed by atoms with Crippen LogP contribution in [0.3, 0.4) is 0 Å². The van der Waals surface area contributed by atoms with Crippen molar-refractivity contribution in [2.24, 2.45) is 17.6 Å². The fourth-order valence-corrected chi connectivity index (χ4v) is 1.61.